The molecule has 0 aromatic carbocycles. The van der Waals surface area contributed by atoms with Gasteiger partial charge < -0.3 is 16.2 Å². The number of nitrogens with one attached hydrogen (secondary N) is 1. The fourth-order valence-corrected chi connectivity index (χ4v) is 1.65. The molecule has 4 N–H and O–H groups in total. The first-order chi connectivity index (χ1) is 6.97. The summed E-state index contributed by atoms with van der Waals surface area (Å²) in [6, 6.07) is 0. The summed E-state index contributed by atoms with van der Waals surface area (Å²) in [5.41, 5.74) is 5.67. The Hall–Kier alpha value is -0.120. The predicted molar refractivity (Wildman–Crippen MR) is 65.7 cm³/mol. The Labute approximate surface area is 94.4 Å². The van der Waals surface area contributed by atoms with Crippen molar-refractivity contribution in [1.82, 2.24) is 5.32 Å². The van der Waals surface area contributed by atoms with Gasteiger partial charge in [0.25, 0.3) is 0 Å². The molecule has 0 saturated carbocycles. The molecule has 0 spiro atoms. The van der Waals surface area contributed by atoms with Gasteiger partial charge in [0.05, 0.1) is 6.10 Å². The number of hydrogen-bond acceptors (Lipinski definition) is 3. The summed E-state index contributed by atoms with van der Waals surface area (Å²) < 4.78 is 0. The third-order valence-electron chi connectivity index (χ3n) is 2.78. The molecule has 0 fully saturated rings. The van der Waals surface area contributed by atoms with E-state index in [0.29, 0.717) is 30.8 Å². The quantitative estimate of drug-likeness (QED) is 0.572. The van der Waals surface area contributed by atoms with E-state index in [1.807, 2.05) is 0 Å². The Morgan fingerprint density at radius 2 is 1.73 bits per heavy atom. The van der Waals surface area contributed by atoms with Gasteiger partial charge in [-0.25, -0.2) is 0 Å². The zero-order valence-corrected chi connectivity index (χ0v) is 10.7. The summed E-state index contributed by atoms with van der Waals surface area (Å²) in [7, 11) is 0. The predicted octanol–water partition coefficient (Wildman–Crippen LogP) is 1.21. The van der Waals surface area contributed by atoms with Gasteiger partial charge in [0.2, 0.25) is 0 Å². The Kier molecular flexibility index (Phi) is 8.02. The summed E-state index contributed by atoms with van der Waals surface area (Å²) in [6.45, 7) is 10.9. The number of aliphatic hydroxyl groups excluding tert-OH is 1. The minimum Gasteiger partial charge on any atom is -0.392 e. The van der Waals surface area contributed by atoms with Gasteiger partial charge in [-0.1, -0.05) is 27.7 Å². The van der Waals surface area contributed by atoms with Crippen LogP contribution in [0.5, 0.6) is 0 Å². The van der Waals surface area contributed by atoms with Crippen LogP contribution >= 0.6 is 0 Å². The normalized spacial score (nSPS) is 16.0. The van der Waals surface area contributed by atoms with E-state index in [1.165, 1.54) is 0 Å². The van der Waals surface area contributed by atoms with Crippen LogP contribution in [0.25, 0.3) is 0 Å². The molecule has 0 heterocycles. The van der Waals surface area contributed by atoms with Crippen molar-refractivity contribution < 1.29 is 5.11 Å². The van der Waals surface area contributed by atoms with Crippen LogP contribution in [0.2, 0.25) is 0 Å². The number of rotatable bonds is 8. The Bertz CT molecular complexity index is 149. The number of nitrogens with two attached hydrogens (primary N) is 1. The maximum Gasteiger partial charge on any atom is 0.0667 e. The van der Waals surface area contributed by atoms with Gasteiger partial charge in [0.1, 0.15) is 0 Å². The van der Waals surface area contributed by atoms with Gasteiger partial charge in [-0.2, -0.15) is 0 Å². The van der Waals surface area contributed by atoms with E-state index in [0.717, 1.165) is 13.0 Å². The second kappa shape index (κ2) is 8.08. The fraction of sp³-hybridized carbons (Fsp3) is 1.00. The zero-order valence-electron chi connectivity index (χ0n) is 10.7. The molecule has 0 aliphatic heterocycles. The lowest BCUT2D eigenvalue weighted by atomic mass is 9.96. The second-order valence-electron chi connectivity index (χ2n) is 5.18. The molecule has 0 aliphatic carbocycles. The summed E-state index contributed by atoms with van der Waals surface area (Å²) in [4.78, 5) is 0. The molecule has 2 atom stereocenters. The van der Waals surface area contributed by atoms with Crippen LogP contribution in [0.15, 0.2) is 0 Å². The SMILES string of the molecule is CC(C)CC(O)CNCC(CN)C(C)C. The van der Waals surface area contributed by atoms with Gasteiger partial charge in [0.15, 0.2) is 0 Å². The van der Waals surface area contributed by atoms with Crippen LogP contribution in [-0.4, -0.2) is 30.8 Å². The van der Waals surface area contributed by atoms with Crippen LogP contribution in [-0.2, 0) is 0 Å². The maximum absolute atomic E-state index is 9.65. The van der Waals surface area contributed by atoms with Gasteiger partial charge in [0, 0.05) is 6.54 Å². The molecule has 15 heavy (non-hydrogen) atoms. The summed E-state index contributed by atoms with van der Waals surface area (Å²) in [6.07, 6.45) is 0.637. The second-order valence-corrected chi connectivity index (χ2v) is 5.18. The first-order valence-electron chi connectivity index (χ1n) is 6.06. The van der Waals surface area contributed by atoms with Crippen LogP contribution in [0.1, 0.15) is 34.1 Å². The molecule has 3 heteroatoms. The van der Waals surface area contributed by atoms with E-state index in [1.54, 1.807) is 0 Å². The lowest BCUT2D eigenvalue weighted by Gasteiger charge is -2.21. The molecule has 0 radical (unpaired) electrons. The van der Waals surface area contributed by atoms with Crippen LogP contribution in [0, 0.1) is 17.8 Å². The smallest absolute Gasteiger partial charge is 0.0667 e. The van der Waals surface area contributed by atoms with Crippen LogP contribution in [0.4, 0.5) is 0 Å². The van der Waals surface area contributed by atoms with Gasteiger partial charge in [-0.3, -0.25) is 0 Å². The lowest BCUT2D eigenvalue weighted by molar-refractivity contribution is 0.144. The van der Waals surface area contributed by atoms with Crippen molar-refractivity contribution in [2.45, 2.75) is 40.2 Å². The zero-order chi connectivity index (χ0) is 11.8. The van der Waals surface area contributed by atoms with E-state index in [-0.39, 0.29) is 6.10 Å². The van der Waals surface area contributed by atoms with Crippen molar-refractivity contribution in [2.75, 3.05) is 19.6 Å². The highest BCUT2D eigenvalue weighted by molar-refractivity contribution is 4.69. The Morgan fingerprint density at radius 1 is 1.13 bits per heavy atom. The molecular weight excluding hydrogens is 188 g/mol. The molecule has 0 saturated heterocycles. The minimum atomic E-state index is -0.226. The monoisotopic (exact) mass is 216 g/mol. The van der Waals surface area contributed by atoms with Crippen molar-refractivity contribution in [3.8, 4) is 0 Å². The molecule has 0 aromatic rings. The van der Waals surface area contributed by atoms with Crippen molar-refractivity contribution in [1.29, 1.82) is 0 Å². The maximum atomic E-state index is 9.65. The first kappa shape index (κ1) is 14.9. The summed E-state index contributed by atoms with van der Waals surface area (Å²) >= 11 is 0. The van der Waals surface area contributed by atoms with Crippen molar-refractivity contribution in [2.24, 2.45) is 23.5 Å². The highest BCUT2D eigenvalue weighted by Gasteiger charge is 2.12. The third kappa shape index (κ3) is 7.77. The summed E-state index contributed by atoms with van der Waals surface area (Å²) in [5.74, 6) is 1.66. The topological polar surface area (TPSA) is 58.3 Å². The summed E-state index contributed by atoms with van der Waals surface area (Å²) in [5, 5.41) is 12.9. The highest BCUT2D eigenvalue weighted by Crippen LogP contribution is 2.08. The molecule has 3 nitrogen and oxygen atoms in total. The number of aliphatic hydroxyl groups is 1. The first-order valence-corrected chi connectivity index (χ1v) is 6.06. The average Bonchev–Trinajstić information content (AvgIpc) is 2.10. The fourth-order valence-electron chi connectivity index (χ4n) is 1.65. The molecular formula is C12H28N2O. The molecule has 0 bridgehead atoms. The van der Waals surface area contributed by atoms with Crippen LogP contribution in [0.3, 0.4) is 0 Å². The Morgan fingerprint density at radius 3 is 2.13 bits per heavy atom. The Balaban J connectivity index is 3.59. The average molecular weight is 216 g/mol. The van der Waals surface area contributed by atoms with Crippen molar-refractivity contribution >= 4 is 0 Å². The van der Waals surface area contributed by atoms with E-state index in [9.17, 15) is 5.11 Å². The van der Waals surface area contributed by atoms with Gasteiger partial charge in [-0.05, 0) is 37.3 Å². The van der Waals surface area contributed by atoms with E-state index in [2.05, 4.69) is 33.0 Å². The molecule has 92 valence electrons. The molecule has 0 aliphatic rings. The minimum absolute atomic E-state index is 0.226. The van der Waals surface area contributed by atoms with Crippen molar-refractivity contribution in [3.05, 3.63) is 0 Å². The van der Waals surface area contributed by atoms with E-state index in [4.69, 9.17) is 5.73 Å². The van der Waals surface area contributed by atoms with Gasteiger partial charge in [-0.15, -0.1) is 0 Å². The molecule has 2 unspecified atom stereocenters. The molecule has 0 aromatic heterocycles. The van der Waals surface area contributed by atoms with Crippen LogP contribution < -0.4 is 11.1 Å². The lowest BCUT2D eigenvalue weighted by Crippen LogP contribution is -2.36. The largest absolute Gasteiger partial charge is 0.392 e. The standard InChI is InChI=1S/C12H28N2O/c1-9(2)5-12(15)8-14-7-11(6-13)10(3)4/h9-12,14-15H,5-8,13H2,1-4H3. The molecule has 0 rings (SSSR count). The third-order valence-corrected chi connectivity index (χ3v) is 2.78. The van der Waals surface area contributed by atoms with E-state index < -0.39 is 0 Å². The number of hydrogen-bond donors (Lipinski definition) is 3. The van der Waals surface area contributed by atoms with Crippen molar-refractivity contribution in [3.63, 3.8) is 0 Å². The molecule has 0 amide bonds. The van der Waals surface area contributed by atoms with E-state index >= 15 is 0 Å². The van der Waals surface area contributed by atoms with Gasteiger partial charge >= 0.3 is 0 Å². The highest BCUT2D eigenvalue weighted by atomic mass is 16.3.